The van der Waals surface area contributed by atoms with Gasteiger partial charge in [0.1, 0.15) is 5.57 Å². The number of ether oxygens (including phenoxy) is 1. The smallest absolute Gasteiger partial charge is 0.385 e. The normalized spacial score (nSPS) is 12.5. The van der Waals surface area contributed by atoms with E-state index in [1.54, 1.807) is 30.3 Å². The fourth-order valence-corrected chi connectivity index (χ4v) is 1.52. The molecule has 0 saturated carbocycles. The Morgan fingerprint density at radius 2 is 1.90 bits per heavy atom. The Morgan fingerprint density at radius 1 is 1.29 bits per heavy atom. The summed E-state index contributed by atoms with van der Waals surface area (Å²) in [6, 6.07) is 8.93. The van der Waals surface area contributed by atoms with E-state index in [1.165, 1.54) is 13.0 Å². The van der Waals surface area contributed by atoms with Crippen LogP contribution in [0.3, 0.4) is 0 Å². The molecule has 0 spiro atoms. The number of hydrogen-bond acceptors (Lipinski definition) is 3. The minimum absolute atomic E-state index is 0.0420. The summed E-state index contributed by atoms with van der Waals surface area (Å²) in [7, 11) is 0. The van der Waals surface area contributed by atoms with Crippen molar-refractivity contribution in [2.24, 2.45) is 0 Å². The second-order valence-electron chi connectivity index (χ2n) is 3.90. The summed E-state index contributed by atoms with van der Waals surface area (Å²) in [5.41, 5.74) is -0.0222. The Kier molecular flexibility index (Phi) is 6.24. The molecule has 0 atom stereocenters. The molecule has 0 aliphatic carbocycles. The molecule has 1 aromatic carbocycles. The number of hydrogen-bond donors (Lipinski definition) is 0. The fraction of sp³-hybridized carbons (Fsp3) is 0.200. The minimum Gasteiger partial charge on any atom is -0.462 e. The van der Waals surface area contributed by atoms with E-state index < -0.39 is 22.7 Å². The number of esters is 1. The lowest BCUT2D eigenvalue weighted by atomic mass is 10.1. The minimum atomic E-state index is -4.15. The predicted molar refractivity (Wildman–Crippen MR) is 76.0 cm³/mol. The van der Waals surface area contributed by atoms with Crippen molar-refractivity contribution in [2.75, 3.05) is 6.61 Å². The highest BCUT2D eigenvalue weighted by molar-refractivity contribution is 6.39. The molecular formula is C15H13ClF2O3. The van der Waals surface area contributed by atoms with Crippen LogP contribution in [0.15, 0.2) is 48.1 Å². The molecule has 3 nitrogen and oxygen atoms in total. The van der Waals surface area contributed by atoms with E-state index in [9.17, 15) is 18.4 Å². The molecule has 21 heavy (non-hydrogen) atoms. The lowest BCUT2D eigenvalue weighted by Crippen LogP contribution is -2.28. The van der Waals surface area contributed by atoms with Crippen molar-refractivity contribution in [1.29, 1.82) is 0 Å². The zero-order valence-electron chi connectivity index (χ0n) is 11.2. The standard InChI is InChI=1S/C15H13ClF2O3/c1-2-21-14(20)12(13(19)15(16,17)18)10-6-9-11-7-4-3-5-8-11/h3-10H,2H2,1H3/b9-6+,12-10+. The van der Waals surface area contributed by atoms with E-state index >= 15 is 0 Å². The van der Waals surface area contributed by atoms with Crippen LogP contribution in [0, 0.1) is 0 Å². The molecular weight excluding hydrogens is 302 g/mol. The molecule has 0 N–H and O–H groups in total. The van der Waals surface area contributed by atoms with Gasteiger partial charge in [-0.25, -0.2) is 4.79 Å². The third-order valence-corrected chi connectivity index (χ3v) is 2.52. The van der Waals surface area contributed by atoms with Gasteiger partial charge in [-0.05, 0) is 30.2 Å². The summed E-state index contributed by atoms with van der Waals surface area (Å²) in [6.07, 6.45) is 3.82. The van der Waals surface area contributed by atoms with Crippen LogP contribution >= 0.6 is 11.6 Å². The molecule has 0 saturated heterocycles. The Labute approximate surface area is 125 Å². The first kappa shape index (κ1) is 17.0. The molecule has 112 valence electrons. The van der Waals surface area contributed by atoms with Gasteiger partial charge in [0.25, 0.3) is 5.78 Å². The molecule has 0 radical (unpaired) electrons. The number of benzene rings is 1. The first-order valence-electron chi connectivity index (χ1n) is 6.08. The van der Waals surface area contributed by atoms with E-state index in [4.69, 9.17) is 0 Å². The number of ketones is 1. The SMILES string of the molecule is CCOC(=O)/C(=C/C=C/c1ccccc1)C(=O)C(F)(F)Cl. The van der Waals surface area contributed by atoms with Gasteiger partial charge < -0.3 is 4.74 Å². The predicted octanol–water partition coefficient (Wildman–Crippen LogP) is 3.59. The maximum absolute atomic E-state index is 12.9. The van der Waals surface area contributed by atoms with Crippen molar-refractivity contribution in [3.8, 4) is 0 Å². The number of alkyl halides is 3. The van der Waals surface area contributed by atoms with Crippen molar-refractivity contribution < 1.29 is 23.1 Å². The lowest BCUT2D eigenvalue weighted by molar-refractivity contribution is -0.142. The van der Waals surface area contributed by atoms with E-state index in [0.717, 1.165) is 11.6 Å². The maximum atomic E-state index is 12.9. The molecule has 0 bridgehead atoms. The monoisotopic (exact) mass is 314 g/mol. The molecule has 0 heterocycles. The van der Waals surface area contributed by atoms with Gasteiger partial charge in [0, 0.05) is 0 Å². The maximum Gasteiger partial charge on any atom is 0.385 e. The van der Waals surface area contributed by atoms with Crippen LogP contribution in [0.1, 0.15) is 12.5 Å². The average molecular weight is 315 g/mol. The molecule has 1 rings (SSSR count). The van der Waals surface area contributed by atoms with Gasteiger partial charge in [-0.2, -0.15) is 8.78 Å². The van der Waals surface area contributed by atoms with Gasteiger partial charge in [-0.15, -0.1) is 0 Å². The fourth-order valence-electron chi connectivity index (χ4n) is 1.42. The van der Waals surface area contributed by atoms with Gasteiger partial charge >= 0.3 is 11.4 Å². The van der Waals surface area contributed by atoms with Crippen molar-refractivity contribution in [2.45, 2.75) is 12.3 Å². The molecule has 0 aliphatic heterocycles. The summed E-state index contributed by atoms with van der Waals surface area (Å²) in [5, 5.41) is -4.15. The number of rotatable bonds is 6. The molecule has 0 amide bonds. The average Bonchev–Trinajstić information content (AvgIpc) is 2.43. The van der Waals surface area contributed by atoms with Crippen LogP contribution in [0.5, 0.6) is 0 Å². The van der Waals surface area contributed by atoms with E-state index in [0.29, 0.717) is 0 Å². The van der Waals surface area contributed by atoms with Crippen LogP contribution in [-0.4, -0.2) is 23.7 Å². The summed E-state index contributed by atoms with van der Waals surface area (Å²) in [5.74, 6) is -2.93. The molecule has 0 aliphatic rings. The van der Waals surface area contributed by atoms with Gasteiger partial charge in [0.05, 0.1) is 6.61 Å². The number of halogens is 3. The Bertz CT molecular complexity index is 560. The van der Waals surface area contributed by atoms with Crippen LogP contribution < -0.4 is 0 Å². The molecule has 0 unspecified atom stereocenters. The zero-order chi connectivity index (χ0) is 15.9. The Morgan fingerprint density at radius 3 is 2.43 bits per heavy atom. The third kappa shape index (κ3) is 5.47. The molecule has 1 aromatic rings. The van der Waals surface area contributed by atoms with E-state index in [2.05, 4.69) is 16.3 Å². The highest BCUT2D eigenvalue weighted by atomic mass is 35.5. The van der Waals surface area contributed by atoms with E-state index in [-0.39, 0.29) is 6.61 Å². The lowest BCUT2D eigenvalue weighted by Gasteiger charge is -2.09. The van der Waals surface area contributed by atoms with Crippen molar-refractivity contribution >= 4 is 29.4 Å². The largest absolute Gasteiger partial charge is 0.462 e. The first-order valence-corrected chi connectivity index (χ1v) is 6.46. The van der Waals surface area contributed by atoms with Crippen LogP contribution in [0.4, 0.5) is 8.78 Å². The van der Waals surface area contributed by atoms with Gasteiger partial charge in [-0.3, -0.25) is 4.79 Å². The number of carbonyl (C=O) groups is 2. The van der Waals surface area contributed by atoms with Crippen LogP contribution in [0.2, 0.25) is 0 Å². The topological polar surface area (TPSA) is 43.4 Å². The second-order valence-corrected chi connectivity index (χ2v) is 4.37. The Balaban J connectivity index is 3.01. The Hall–Kier alpha value is -2.01. The van der Waals surface area contributed by atoms with Crippen molar-refractivity contribution in [1.82, 2.24) is 0 Å². The van der Waals surface area contributed by atoms with Crippen LogP contribution in [0.25, 0.3) is 6.08 Å². The summed E-state index contributed by atoms with van der Waals surface area (Å²) < 4.78 is 30.3. The number of allylic oxidation sites excluding steroid dienone is 2. The summed E-state index contributed by atoms with van der Waals surface area (Å²) in [6.45, 7) is 1.46. The highest BCUT2D eigenvalue weighted by Crippen LogP contribution is 2.24. The van der Waals surface area contributed by atoms with Crippen LogP contribution in [-0.2, 0) is 14.3 Å². The van der Waals surface area contributed by atoms with E-state index in [1.807, 2.05) is 6.07 Å². The molecule has 0 fully saturated rings. The number of carbonyl (C=O) groups excluding carboxylic acids is 2. The third-order valence-electron chi connectivity index (χ3n) is 2.35. The molecule has 0 aromatic heterocycles. The quantitative estimate of drug-likeness (QED) is 0.201. The second kappa shape index (κ2) is 7.69. The first-order chi connectivity index (χ1) is 9.86. The van der Waals surface area contributed by atoms with Gasteiger partial charge in [0.15, 0.2) is 0 Å². The van der Waals surface area contributed by atoms with Crippen molar-refractivity contribution in [3.63, 3.8) is 0 Å². The zero-order valence-corrected chi connectivity index (χ0v) is 11.9. The van der Waals surface area contributed by atoms with Gasteiger partial charge in [0.2, 0.25) is 0 Å². The van der Waals surface area contributed by atoms with Crippen molar-refractivity contribution in [3.05, 3.63) is 53.6 Å². The summed E-state index contributed by atoms with van der Waals surface area (Å²) >= 11 is 4.66. The van der Waals surface area contributed by atoms with Gasteiger partial charge in [-0.1, -0.05) is 42.5 Å². The molecule has 6 heteroatoms. The number of Topliss-reactive ketones (excluding diaryl/α,β-unsaturated/α-hetero) is 1. The highest BCUT2D eigenvalue weighted by Gasteiger charge is 2.40. The summed E-state index contributed by atoms with van der Waals surface area (Å²) in [4.78, 5) is 23.0.